The van der Waals surface area contributed by atoms with Crippen molar-refractivity contribution in [2.75, 3.05) is 11.9 Å². The van der Waals surface area contributed by atoms with Crippen LogP contribution >= 0.6 is 22.9 Å². The maximum absolute atomic E-state index is 12.9. The molecule has 156 valence electrons. The SMILES string of the molecule is CCOC(=O)c1c(NC(=O)[C@H](CC)Oc2ccc(Cl)c(C)c2)sc2c1CCCC2. The third kappa shape index (κ3) is 4.93. The number of rotatable bonds is 7. The molecule has 1 amide bonds. The fraction of sp³-hybridized carbons (Fsp3) is 0.455. The number of esters is 1. The van der Waals surface area contributed by atoms with Crippen LogP contribution in [0, 0.1) is 6.92 Å². The highest BCUT2D eigenvalue weighted by Gasteiger charge is 2.29. The summed E-state index contributed by atoms with van der Waals surface area (Å²) in [5.41, 5.74) is 2.42. The minimum absolute atomic E-state index is 0.274. The van der Waals surface area contributed by atoms with E-state index in [1.165, 1.54) is 11.3 Å². The Labute approximate surface area is 180 Å². The van der Waals surface area contributed by atoms with Crippen LogP contribution in [-0.4, -0.2) is 24.6 Å². The minimum atomic E-state index is -0.676. The summed E-state index contributed by atoms with van der Waals surface area (Å²) < 4.78 is 11.2. The Morgan fingerprint density at radius 3 is 2.69 bits per heavy atom. The van der Waals surface area contributed by atoms with E-state index in [0.717, 1.165) is 41.7 Å². The molecule has 5 nitrogen and oxygen atoms in total. The van der Waals surface area contributed by atoms with E-state index in [9.17, 15) is 9.59 Å². The van der Waals surface area contributed by atoms with Gasteiger partial charge in [-0.3, -0.25) is 4.79 Å². The normalized spacial score (nSPS) is 14.1. The first-order chi connectivity index (χ1) is 13.9. The molecular weight excluding hydrogens is 410 g/mol. The average molecular weight is 436 g/mol. The molecule has 1 aliphatic rings. The standard InChI is InChI=1S/C22H26ClNO4S/c1-4-17(28-14-10-11-16(23)13(3)12-14)20(25)24-21-19(22(26)27-5-2)15-8-6-7-9-18(15)29-21/h10-12,17H,4-9H2,1-3H3,(H,24,25)/t17-/m0/s1. The van der Waals surface area contributed by atoms with Crippen molar-refractivity contribution in [1.29, 1.82) is 0 Å². The molecule has 0 saturated carbocycles. The summed E-state index contributed by atoms with van der Waals surface area (Å²) in [6.45, 7) is 5.86. The lowest BCUT2D eigenvalue weighted by Gasteiger charge is -2.18. The van der Waals surface area contributed by atoms with Crippen LogP contribution in [0.15, 0.2) is 18.2 Å². The molecule has 0 bridgehead atoms. The highest BCUT2D eigenvalue weighted by molar-refractivity contribution is 7.17. The van der Waals surface area contributed by atoms with Crippen molar-refractivity contribution >= 4 is 39.8 Å². The van der Waals surface area contributed by atoms with Crippen LogP contribution < -0.4 is 10.1 Å². The number of aryl methyl sites for hydroxylation is 2. The zero-order valence-corrected chi connectivity index (χ0v) is 18.5. The number of nitrogens with one attached hydrogen (secondary N) is 1. The maximum atomic E-state index is 12.9. The topological polar surface area (TPSA) is 64.6 Å². The van der Waals surface area contributed by atoms with Gasteiger partial charge in [0.15, 0.2) is 6.10 Å². The lowest BCUT2D eigenvalue weighted by atomic mass is 9.95. The van der Waals surface area contributed by atoms with Gasteiger partial charge in [0, 0.05) is 9.90 Å². The molecule has 1 aromatic heterocycles. The first-order valence-electron chi connectivity index (χ1n) is 9.99. The van der Waals surface area contributed by atoms with Gasteiger partial charge in [-0.15, -0.1) is 11.3 Å². The van der Waals surface area contributed by atoms with E-state index in [2.05, 4.69) is 5.32 Å². The van der Waals surface area contributed by atoms with E-state index in [1.54, 1.807) is 19.1 Å². The molecule has 1 heterocycles. The Kier molecular flexibility index (Phi) is 7.19. The molecule has 0 radical (unpaired) electrons. The van der Waals surface area contributed by atoms with Gasteiger partial charge in [0.25, 0.3) is 5.91 Å². The van der Waals surface area contributed by atoms with Gasteiger partial charge in [0.1, 0.15) is 10.8 Å². The monoisotopic (exact) mass is 435 g/mol. The number of anilines is 1. The van der Waals surface area contributed by atoms with E-state index in [4.69, 9.17) is 21.1 Å². The number of fused-ring (bicyclic) bond motifs is 1. The van der Waals surface area contributed by atoms with Gasteiger partial charge in [-0.2, -0.15) is 0 Å². The van der Waals surface area contributed by atoms with Crippen molar-refractivity contribution in [3.63, 3.8) is 0 Å². The first kappa shape index (κ1) is 21.7. The summed E-state index contributed by atoms with van der Waals surface area (Å²) >= 11 is 7.54. The molecule has 1 aromatic carbocycles. The van der Waals surface area contributed by atoms with Gasteiger partial charge >= 0.3 is 5.97 Å². The molecule has 0 aliphatic heterocycles. The second-order valence-corrected chi connectivity index (χ2v) is 8.56. The Morgan fingerprint density at radius 1 is 1.24 bits per heavy atom. The van der Waals surface area contributed by atoms with Crippen molar-refractivity contribution in [3.8, 4) is 5.75 Å². The summed E-state index contributed by atoms with van der Waals surface area (Å²) in [5.74, 6) is -0.0567. The van der Waals surface area contributed by atoms with Crippen molar-refractivity contribution in [1.82, 2.24) is 0 Å². The molecule has 29 heavy (non-hydrogen) atoms. The molecule has 1 atom stereocenters. The van der Waals surface area contributed by atoms with Crippen LogP contribution in [0.5, 0.6) is 5.75 Å². The van der Waals surface area contributed by atoms with Crippen LogP contribution in [0.25, 0.3) is 0 Å². The number of carbonyl (C=O) groups excluding carboxylic acids is 2. The highest BCUT2D eigenvalue weighted by atomic mass is 35.5. The van der Waals surface area contributed by atoms with Gasteiger partial charge in [-0.25, -0.2) is 4.79 Å². The molecule has 0 unspecified atom stereocenters. The van der Waals surface area contributed by atoms with Crippen molar-refractivity contribution in [3.05, 3.63) is 44.8 Å². The molecule has 0 spiro atoms. The molecule has 0 saturated heterocycles. The third-order valence-corrected chi connectivity index (χ3v) is 6.59. The van der Waals surface area contributed by atoms with Gasteiger partial charge in [0.05, 0.1) is 12.2 Å². The first-order valence-corrected chi connectivity index (χ1v) is 11.2. The number of amides is 1. The minimum Gasteiger partial charge on any atom is -0.481 e. The van der Waals surface area contributed by atoms with Gasteiger partial charge < -0.3 is 14.8 Å². The Bertz CT molecular complexity index is 908. The number of hydrogen-bond acceptors (Lipinski definition) is 5. The summed E-state index contributed by atoms with van der Waals surface area (Å²) in [6.07, 6.45) is 3.73. The summed E-state index contributed by atoms with van der Waals surface area (Å²) in [6, 6.07) is 5.31. The molecule has 1 aliphatic carbocycles. The Morgan fingerprint density at radius 2 is 2.00 bits per heavy atom. The van der Waals surface area contributed by atoms with E-state index >= 15 is 0 Å². The molecule has 1 N–H and O–H groups in total. The quantitative estimate of drug-likeness (QED) is 0.578. The van der Waals surface area contributed by atoms with Gasteiger partial charge in [-0.05, 0) is 75.3 Å². The van der Waals surface area contributed by atoms with Gasteiger partial charge in [-0.1, -0.05) is 18.5 Å². The number of halogens is 1. The maximum Gasteiger partial charge on any atom is 0.341 e. The summed E-state index contributed by atoms with van der Waals surface area (Å²) in [5, 5.41) is 4.15. The second kappa shape index (κ2) is 9.63. The number of thiophene rings is 1. The van der Waals surface area contributed by atoms with E-state index in [1.807, 2.05) is 19.9 Å². The zero-order valence-electron chi connectivity index (χ0n) is 17.0. The summed E-state index contributed by atoms with van der Waals surface area (Å²) in [4.78, 5) is 26.7. The molecule has 0 fully saturated rings. The smallest absolute Gasteiger partial charge is 0.341 e. The predicted octanol–water partition coefficient (Wildman–Crippen LogP) is 5.56. The third-order valence-electron chi connectivity index (χ3n) is 4.96. The van der Waals surface area contributed by atoms with Crippen LogP contribution in [0.3, 0.4) is 0 Å². The number of ether oxygens (including phenoxy) is 2. The van der Waals surface area contributed by atoms with Crippen molar-refractivity contribution in [2.24, 2.45) is 0 Å². The number of benzene rings is 1. The fourth-order valence-corrected chi connectivity index (χ4v) is 4.84. The van der Waals surface area contributed by atoms with Crippen LogP contribution in [0.4, 0.5) is 5.00 Å². The van der Waals surface area contributed by atoms with Crippen LogP contribution in [-0.2, 0) is 22.4 Å². The van der Waals surface area contributed by atoms with E-state index < -0.39 is 6.10 Å². The second-order valence-electron chi connectivity index (χ2n) is 7.05. The Balaban J connectivity index is 1.81. The van der Waals surface area contributed by atoms with Crippen molar-refractivity contribution in [2.45, 2.75) is 59.0 Å². The number of hydrogen-bond donors (Lipinski definition) is 1. The van der Waals surface area contributed by atoms with E-state index in [-0.39, 0.29) is 11.9 Å². The molecule has 3 rings (SSSR count). The molecule has 7 heteroatoms. The van der Waals surface area contributed by atoms with Crippen LogP contribution in [0.1, 0.15) is 59.5 Å². The fourth-order valence-electron chi connectivity index (χ4n) is 3.44. The zero-order chi connectivity index (χ0) is 21.0. The van der Waals surface area contributed by atoms with Crippen LogP contribution in [0.2, 0.25) is 5.02 Å². The van der Waals surface area contributed by atoms with Crippen molar-refractivity contribution < 1.29 is 19.1 Å². The number of carbonyl (C=O) groups is 2. The Hall–Kier alpha value is -2.05. The molecular formula is C22H26ClNO4S. The molecule has 2 aromatic rings. The lowest BCUT2D eigenvalue weighted by molar-refractivity contribution is -0.122. The predicted molar refractivity (Wildman–Crippen MR) is 116 cm³/mol. The average Bonchev–Trinajstić information content (AvgIpc) is 3.06. The van der Waals surface area contributed by atoms with E-state index in [0.29, 0.717) is 34.4 Å². The largest absolute Gasteiger partial charge is 0.481 e. The lowest BCUT2D eigenvalue weighted by Crippen LogP contribution is -2.32. The summed E-state index contributed by atoms with van der Waals surface area (Å²) in [7, 11) is 0. The van der Waals surface area contributed by atoms with Gasteiger partial charge in [0.2, 0.25) is 0 Å². The highest BCUT2D eigenvalue weighted by Crippen LogP contribution is 2.38.